The summed E-state index contributed by atoms with van der Waals surface area (Å²) in [5, 5.41) is 6.97. The van der Waals surface area contributed by atoms with Gasteiger partial charge in [-0.25, -0.2) is 0 Å². The molecule has 1 aromatic heterocycles. The molecular weight excluding hydrogens is 230 g/mol. The van der Waals surface area contributed by atoms with E-state index in [0.717, 1.165) is 25.2 Å². The molecule has 1 amide bonds. The van der Waals surface area contributed by atoms with Crippen LogP contribution in [0.5, 0.6) is 0 Å². The second-order valence-corrected chi connectivity index (χ2v) is 3.87. The van der Waals surface area contributed by atoms with Gasteiger partial charge in [0.25, 0.3) is 0 Å². The Balaban J connectivity index is 0.00000128. The number of hydrogen-bond donors (Lipinski definition) is 1. The summed E-state index contributed by atoms with van der Waals surface area (Å²) in [6.07, 6.45) is 2.45. The SMILES string of the molecule is CN(Cc1ccon1)C(=O)[C@@H]1CCNC1.Cl. The largest absolute Gasteiger partial charge is 0.364 e. The maximum absolute atomic E-state index is 11.9. The molecule has 2 rings (SSSR count). The summed E-state index contributed by atoms with van der Waals surface area (Å²) < 4.78 is 4.72. The van der Waals surface area contributed by atoms with Crippen molar-refractivity contribution in [3.63, 3.8) is 0 Å². The van der Waals surface area contributed by atoms with Crippen LogP contribution < -0.4 is 5.32 Å². The van der Waals surface area contributed by atoms with Crippen molar-refractivity contribution in [1.29, 1.82) is 0 Å². The first kappa shape index (κ1) is 13.0. The van der Waals surface area contributed by atoms with Crippen LogP contribution in [0, 0.1) is 5.92 Å². The van der Waals surface area contributed by atoms with E-state index in [1.54, 1.807) is 18.0 Å². The average Bonchev–Trinajstić information content (AvgIpc) is 2.88. The summed E-state index contributed by atoms with van der Waals surface area (Å²) in [7, 11) is 1.80. The highest BCUT2D eigenvalue weighted by atomic mass is 35.5. The van der Waals surface area contributed by atoms with Crippen molar-refractivity contribution < 1.29 is 9.32 Å². The van der Waals surface area contributed by atoms with E-state index < -0.39 is 0 Å². The van der Waals surface area contributed by atoms with Gasteiger partial charge in [0.15, 0.2) is 0 Å². The van der Waals surface area contributed by atoms with Crippen molar-refractivity contribution >= 4 is 18.3 Å². The van der Waals surface area contributed by atoms with E-state index in [9.17, 15) is 4.79 Å². The van der Waals surface area contributed by atoms with Crippen LogP contribution in [0.4, 0.5) is 0 Å². The Hall–Kier alpha value is -1.07. The molecule has 0 unspecified atom stereocenters. The third-order valence-electron chi connectivity index (χ3n) is 2.68. The molecular formula is C10H16ClN3O2. The number of carbonyl (C=O) groups excluding carboxylic acids is 1. The molecule has 0 spiro atoms. The van der Waals surface area contributed by atoms with E-state index in [0.29, 0.717) is 6.54 Å². The quantitative estimate of drug-likeness (QED) is 0.850. The van der Waals surface area contributed by atoms with Gasteiger partial charge in [-0.15, -0.1) is 12.4 Å². The summed E-state index contributed by atoms with van der Waals surface area (Å²) >= 11 is 0. The lowest BCUT2D eigenvalue weighted by atomic mass is 10.1. The lowest BCUT2D eigenvalue weighted by molar-refractivity contribution is -0.134. The van der Waals surface area contributed by atoms with Crippen LogP contribution in [0.25, 0.3) is 0 Å². The first-order valence-corrected chi connectivity index (χ1v) is 5.12. The number of aromatic nitrogens is 1. The van der Waals surface area contributed by atoms with Crippen molar-refractivity contribution in [3.05, 3.63) is 18.0 Å². The van der Waals surface area contributed by atoms with Gasteiger partial charge in [0.1, 0.15) is 12.0 Å². The van der Waals surface area contributed by atoms with Crippen LogP contribution in [-0.2, 0) is 11.3 Å². The summed E-state index contributed by atoms with van der Waals surface area (Å²) in [5.41, 5.74) is 0.789. The standard InChI is InChI=1S/C10H15N3O2.ClH/c1-13(7-9-3-5-15-12-9)10(14)8-2-4-11-6-8;/h3,5,8,11H,2,4,6-7H2,1H3;1H/t8-;/m1./s1. The van der Waals surface area contributed by atoms with Gasteiger partial charge < -0.3 is 14.7 Å². The zero-order valence-electron chi connectivity index (χ0n) is 9.18. The second-order valence-electron chi connectivity index (χ2n) is 3.87. The van der Waals surface area contributed by atoms with Gasteiger partial charge in [-0.05, 0) is 13.0 Å². The van der Waals surface area contributed by atoms with E-state index in [-0.39, 0.29) is 24.2 Å². The summed E-state index contributed by atoms with van der Waals surface area (Å²) in [5.74, 6) is 0.310. The molecule has 2 heterocycles. The molecule has 90 valence electrons. The predicted octanol–water partition coefficient (Wildman–Crippen LogP) is 0.664. The Morgan fingerprint density at radius 2 is 2.56 bits per heavy atom. The first-order chi connectivity index (χ1) is 7.27. The lowest BCUT2D eigenvalue weighted by Crippen LogP contribution is -2.33. The molecule has 0 bridgehead atoms. The summed E-state index contributed by atoms with van der Waals surface area (Å²) in [6.45, 7) is 2.25. The maximum Gasteiger partial charge on any atom is 0.227 e. The normalized spacial score (nSPS) is 19.2. The molecule has 1 atom stereocenters. The van der Waals surface area contributed by atoms with Crippen LogP contribution in [0.3, 0.4) is 0 Å². The molecule has 5 nitrogen and oxygen atoms in total. The highest BCUT2D eigenvalue weighted by Crippen LogP contribution is 2.12. The first-order valence-electron chi connectivity index (χ1n) is 5.12. The van der Waals surface area contributed by atoms with Gasteiger partial charge in [0.05, 0.1) is 12.5 Å². The van der Waals surface area contributed by atoms with Crippen LogP contribution >= 0.6 is 12.4 Å². The van der Waals surface area contributed by atoms with Gasteiger partial charge in [-0.1, -0.05) is 5.16 Å². The molecule has 16 heavy (non-hydrogen) atoms. The van der Waals surface area contributed by atoms with Crippen molar-refractivity contribution in [2.45, 2.75) is 13.0 Å². The highest BCUT2D eigenvalue weighted by Gasteiger charge is 2.25. The van der Waals surface area contributed by atoms with Gasteiger partial charge in [-0.2, -0.15) is 0 Å². The van der Waals surface area contributed by atoms with Crippen LogP contribution in [-0.4, -0.2) is 36.1 Å². The third-order valence-corrected chi connectivity index (χ3v) is 2.68. The summed E-state index contributed by atoms with van der Waals surface area (Å²) in [6, 6.07) is 1.77. The van der Waals surface area contributed by atoms with Crippen molar-refractivity contribution in [3.8, 4) is 0 Å². The fourth-order valence-electron chi connectivity index (χ4n) is 1.82. The number of nitrogens with one attached hydrogen (secondary N) is 1. The molecule has 1 aliphatic rings. The van der Waals surface area contributed by atoms with Crippen LogP contribution in [0.15, 0.2) is 16.9 Å². The zero-order chi connectivity index (χ0) is 10.7. The molecule has 0 radical (unpaired) electrons. The van der Waals surface area contributed by atoms with E-state index in [2.05, 4.69) is 10.5 Å². The number of rotatable bonds is 3. The van der Waals surface area contributed by atoms with Gasteiger partial charge in [0, 0.05) is 19.7 Å². The van der Waals surface area contributed by atoms with Gasteiger partial charge >= 0.3 is 0 Å². The summed E-state index contributed by atoms with van der Waals surface area (Å²) in [4.78, 5) is 13.6. The predicted molar refractivity (Wildman–Crippen MR) is 61.2 cm³/mol. The van der Waals surface area contributed by atoms with Gasteiger partial charge in [-0.3, -0.25) is 4.79 Å². The number of nitrogens with zero attached hydrogens (tertiary/aromatic N) is 2. The fraction of sp³-hybridized carbons (Fsp3) is 0.600. The Morgan fingerprint density at radius 1 is 1.75 bits per heavy atom. The molecule has 1 fully saturated rings. The van der Waals surface area contributed by atoms with E-state index in [1.165, 1.54) is 6.26 Å². The zero-order valence-corrected chi connectivity index (χ0v) is 10.00. The molecule has 1 aromatic rings. The number of amides is 1. The Morgan fingerprint density at radius 3 is 3.12 bits per heavy atom. The van der Waals surface area contributed by atoms with Crippen molar-refractivity contribution in [2.75, 3.05) is 20.1 Å². The highest BCUT2D eigenvalue weighted by molar-refractivity contribution is 5.85. The lowest BCUT2D eigenvalue weighted by Gasteiger charge is -2.19. The van der Waals surface area contributed by atoms with Crippen molar-refractivity contribution in [1.82, 2.24) is 15.4 Å². The van der Waals surface area contributed by atoms with Crippen molar-refractivity contribution in [2.24, 2.45) is 5.92 Å². The topological polar surface area (TPSA) is 58.4 Å². The molecule has 0 aromatic carbocycles. The van der Waals surface area contributed by atoms with E-state index >= 15 is 0 Å². The molecule has 1 aliphatic heterocycles. The molecule has 0 saturated carbocycles. The number of carbonyl (C=O) groups is 1. The Labute approximate surface area is 101 Å². The number of hydrogen-bond acceptors (Lipinski definition) is 4. The third kappa shape index (κ3) is 2.96. The van der Waals surface area contributed by atoms with Crippen LogP contribution in [0.2, 0.25) is 0 Å². The fourth-order valence-corrected chi connectivity index (χ4v) is 1.82. The molecule has 1 N–H and O–H groups in total. The second kappa shape index (κ2) is 5.86. The minimum atomic E-state index is 0. The van der Waals surface area contributed by atoms with Gasteiger partial charge in [0.2, 0.25) is 5.91 Å². The molecule has 1 saturated heterocycles. The van der Waals surface area contributed by atoms with E-state index in [4.69, 9.17) is 4.52 Å². The average molecular weight is 246 g/mol. The monoisotopic (exact) mass is 245 g/mol. The van der Waals surface area contributed by atoms with Crippen LogP contribution in [0.1, 0.15) is 12.1 Å². The number of halogens is 1. The van der Waals surface area contributed by atoms with E-state index in [1.807, 2.05) is 0 Å². The Kier molecular flexibility index (Phi) is 4.76. The smallest absolute Gasteiger partial charge is 0.227 e. The minimum absolute atomic E-state index is 0. The minimum Gasteiger partial charge on any atom is -0.364 e. The Bertz CT molecular complexity index is 323. The molecule has 0 aliphatic carbocycles. The molecule has 6 heteroatoms. The maximum atomic E-state index is 11.9.